The van der Waals surface area contributed by atoms with Gasteiger partial charge in [0.15, 0.2) is 0 Å². The Labute approximate surface area is 178 Å². The minimum absolute atomic E-state index is 0.0900. The van der Waals surface area contributed by atoms with E-state index >= 15 is 0 Å². The van der Waals surface area contributed by atoms with Crippen molar-refractivity contribution in [1.82, 2.24) is 4.98 Å². The van der Waals surface area contributed by atoms with Crippen LogP contribution in [-0.4, -0.2) is 35.8 Å². The van der Waals surface area contributed by atoms with E-state index < -0.39 is 11.3 Å². The molecule has 30 heavy (non-hydrogen) atoms. The van der Waals surface area contributed by atoms with Gasteiger partial charge in [0.05, 0.1) is 28.3 Å². The molecule has 2 aromatic heterocycles. The number of amides is 1. The van der Waals surface area contributed by atoms with Gasteiger partial charge in [-0.3, -0.25) is 4.79 Å². The minimum Gasteiger partial charge on any atom is -0.487 e. The van der Waals surface area contributed by atoms with Crippen LogP contribution in [0.1, 0.15) is 50.7 Å². The Morgan fingerprint density at radius 3 is 2.67 bits per heavy atom. The molecule has 0 atom stereocenters. The number of rotatable bonds is 6. The second-order valence-electron chi connectivity index (χ2n) is 7.87. The maximum Gasteiger partial charge on any atom is 0.252 e. The molecule has 1 aliphatic rings. The molecule has 3 N–H and O–H groups in total. The number of carbonyl (C=O) groups is 1. The van der Waals surface area contributed by atoms with Gasteiger partial charge in [-0.05, 0) is 45.2 Å². The van der Waals surface area contributed by atoms with Crippen LogP contribution in [0.25, 0.3) is 11.0 Å². The number of thiazole rings is 1. The minimum atomic E-state index is -0.610. The van der Waals surface area contributed by atoms with Crippen LogP contribution in [0.5, 0.6) is 5.75 Å². The first kappa shape index (κ1) is 20.8. The summed E-state index contributed by atoms with van der Waals surface area (Å²) in [6.45, 7) is 6.94. The number of aliphatic hydroxyl groups is 1. The molecule has 4 rings (SSSR count). The number of aliphatic hydroxyl groups excluding tert-OH is 1. The van der Waals surface area contributed by atoms with Gasteiger partial charge in [-0.2, -0.15) is 0 Å². The fraction of sp³-hybridized carbons (Fsp3) is 0.455. The van der Waals surface area contributed by atoms with E-state index in [0.29, 0.717) is 60.7 Å². The third-order valence-electron chi connectivity index (χ3n) is 6.02. The highest BCUT2D eigenvalue weighted by atomic mass is 32.1. The Morgan fingerprint density at radius 2 is 2.07 bits per heavy atom. The average Bonchev–Trinajstić information content (AvgIpc) is 3.28. The number of fused-ring (bicyclic) bond motifs is 1. The first-order valence-electron chi connectivity index (χ1n) is 9.95. The van der Waals surface area contributed by atoms with E-state index in [0.717, 1.165) is 21.7 Å². The van der Waals surface area contributed by atoms with Crippen molar-refractivity contribution in [3.63, 3.8) is 0 Å². The van der Waals surface area contributed by atoms with E-state index in [2.05, 4.69) is 4.98 Å². The zero-order valence-electron chi connectivity index (χ0n) is 17.4. The summed E-state index contributed by atoms with van der Waals surface area (Å²) in [5, 5.41) is 11.2. The van der Waals surface area contributed by atoms with Gasteiger partial charge in [-0.25, -0.2) is 4.98 Å². The summed E-state index contributed by atoms with van der Waals surface area (Å²) in [7, 11) is 0. The monoisotopic (exact) mass is 430 g/mol. The second-order valence-corrected chi connectivity index (χ2v) is 8.81. The van der Waals surface area contributed by atoms with Gasteiger partial charge in [0.2, 0.25) is 0 Å². The Bertz CT molecular complexity index is 1090. The molecular weight excluding hydrogens is 404 g/mol. The molecule has 0 saturated carbocycles. The standard InChI is InChI=1S/C22H26N2O5S/c1-12-8-15-18(17(21(23)26)14(3)29-15)19(22(10-25)4-6-27-7-5-22)20(12)28-9-16-13(2)24-11-30-16/h8,11,25H,4-7,9-10H2,1-3H3,(H2,23,26). The van der Waals surface area contributed by atoms with Gasteiger partial charge < -0.3 is 24.7 Å². The van der Waals surface area contributed by atoms with Gasteiger partial charge >= 0.3 is 0 Å². The topological polar surface area (TPSA) is 108 Å². The molecule has 1 aromatic carbocycles. The smallest absolute Gasteiger partial charge is 0.252 e. The fourth-order valence-electron chi connectivity index (χ4n) is 4.33. The van der Waals surface area contributed by atoms with Crippen molar-refractivity contribution in [1.29, 1.82) is 0 Å². The Morgan fingerprint density at radius 1 is 1.33 bits per heavy atom. The molecule has 3 heterocycles. The Kier molecular flexibility index (Phi) is 5.57. The van der Waals surface area contributed by atoms with Crippen LogP contribution >= 0.6 is 11.3 Å². The van der Waals surface area contributed by atoms with Crippen molar-refractivity contribution >= 4 is 28.2 Å². The molecule has 0 bridgehead atoms. The quantitative estimate of drug-likeness (QED) is 0.619. The number of primary amides is 1. The number of nitrogens with two attached hydrogens (primary N) is 1. The van der Waals surface area contributed by atoms with E-state index in [4.69, 9.17) is 19.6 Å². The first-order chi connectivity index (χ1) is 14.4. The third-order valence-corrected chi connectivity index (χ3v) is 6.92. The third kappa shape index (κ3) is 3.38. The molecule has 8 heteroatoms. The van der Waals surface area contributed by atoms with Crippen molar-refractivity contribution in [3.05, 3.63) is 44.6 Å². The molecule has 1 aliphatic heterocycles. The van der Waals surface area contributed by atoms with Crippen molar-refractivity contribution in [2.24, 2.45) is 5.73 Å². The molecule has 7 nitrogen and oxygen atoms in total. The van der Waals surface area contributed by atoms with Crippen molar-refractivity contribution in [2.45, 2.75) is 45.6 Å². The van der Waals surface area contributed by atoms with E-state index in [-0.39, 0.29) is 6.61 Å². The lowest BCUT2D eigenvalue weighted by Crippen LogP contribution is -2.38. The number of aromatic nitrogens is 1. The first-order valence-corrected chi connectivity index (χ1v) is 10.8. The predicted octanol–water partition coefficient (Wildman–Crippen LogP) is 3.53. The summed E-state index contributed by atoms with van der Waals surface area (Å²) in [5.41, 5.74) is 10.4. The summed E-state index contributed by atoms with van der Waals surface area (Å²) in [6, 6.07) is 1.87. The van der Waals surface area contributed by atoms with Crippen LogP contribution in [-0.2, 0) is 16.8 Å². The molecule has 160 valence electrons. The fourth-order valence-corrected chi connectivity index (χ4v) is 5.02. The summed E-state index contributed by atoms with van der Waals surface area (Å²) >= 11 is 1.54. The average molecular weight is 431 g/mol. The van der Waals surface area contributed by atoms with Crippen molar-refractivity contribution < 1.29 is 23.8 Å². The molecule has 1 amide bonds. The Hall–Kier alpha value is -2.42. The van der Waals surface area contributed by atoms with Crippen molar-refractivity contribution in [2.75, 3.05) is 19.8 Å². The molecule has 0 spiro atoms. The molecule has 1 saturated heterocycles. The molecule has 3 aromatic rings. The highest BCUT2D eigenvalue weighted by Gasteiger charge is 2.40. The second kappa shape index (κ2) is 8.02. The highest BCUT2D eigenvalue weighted by molar-refractivity contribution is 7.09. The lowest BCUT2D eigenvalue weighted by atomic mass is 9.72. The van der Waals surface area contributed by atoms with E-state index in [9.17, 15) is 9.90 Å². The lowest BCUT2D eigenvalue weighted by molar-refractivity contribution is 0.0246. The zero-order valence-corrected chi connectivity index (χ0v) is 18.2. The number of aryl methyl sites for hydroxylation is 3. The van der Waals surface area contributed by atoms with E-state index in [1.165, 1.54) is 11.3 Å². The summed E-state index contributed by atoms with van der Waals surface area (Å²) < 4.78 is 17.8. The number of nitrogens with zero attached hydrogens (tertiary/aromatic N) is 1. The molecule has 0 unspecified atom stereocenters. The normalized spacial score (nSPS) is 16.1. The molecule has 1 fully saturated rings. The van der Waals surface area contributed by atoms with Crippen LogP contribution < -0.4 is 10.5 Å². The number of benzene rings is 1. The highest BCUT2D eigenvalue weighted by Crippen LogP contribution is 2.47. The largest absolute Gasteiger partial charge is 0.487 e. The number of hydrogen-bond acceptors (Lipinski definition) is 7. The van der Waals surface area contributed by atoms with Gasteiger partial charge in [-0.15, -0.1) is 11.3 Å². The van der Waals surface area contributed by atoms with Crippen LogP contribution in [0, 0.1) is 20.8 Å². The summed E-state index contributed by atoms with van der Waals surface area (Å²) in [6.07, 6.45) is 1.22. The Balaban J connectivity index is 1.97. The van der Waals surface area contributed by atoms with Crippen molar-refractivity contribution in [3.8, 4) is 5.75 Å². The van der Waals surface area contributed by atoms with Gasteiger partial charge in [0.25, 0.3) is 5.91 Å². The lowest BCUT2D eigenvalue weighted by Gasteiger charge is -2.38. The zero-order chi connectivity index (χ0) is 21.5. The maximum absolute atomic E-state index is 12.3. The van der Waals surface area contributed by atoms with Gasteiger partial charge in [0.1, 0.15) is 23.7 Å². The van der Waals surface area contributed by atoms with Crippen LogP contribution in [0.2, 0.25) is 0 Å². The SMILES string of the molecule is Cc1cc2oc(C)c(C(N)=O)c2c(C2(CO)CCOCC2)c1OCc1scnc1C. The molecule has 0 aliphatic carbocycles. The van der Waals surface area contributed by atoms with Crippen LogP contribution in [0.3, 0.4) is 0 Å². The summed E-state index contributed by atoms with van der Waals surface area (Å²) in [5.74, 6) is 0.573. The number of furan rings is 1. The number of hydrogen-bond donors (Lipinski definition) is 2. The number of carbonyl (C=O) groups excluding carboxylic acids is 1. The van der Waals surface area contributed by atoms with Crippen LogP contribution in [0.15, 0.2) is 16.0 Å². The van der Waals surface area contributed by atoms with E-state index in [1.807, 2.05) is 19.9 Å². The number of ether oxygens (including phenoxy) is 2. The van der Waals surface area contributed by atoms with Crippen LogP contribution in [0.4, 0.5) is 0 Å². The maximum atomic E-state index is 12.3. The molecule has 0 radical (unpaired) electrons. The summed E-state index contributed by atoms with van der Waals surface area (Å²) in [4.78, 5) is 17.7. The van der Waals surface area contributed by atoms with E-state index in [1.54, 1.807) is 12.4 Å². The predicted molar refractivity (Wildman–Crippen MR) is 114 cm³/mol. The van der Waals surface area contributed by atoms with Gasteiger partial charge in [-0.1, -0.05) is 0 Å². The molecular formula is C22H26N2O5S. The van der Waals surface area contributed by atoms with Gasteiger partial charge in [0, 0.05) is 29.6 Å².